The van der Waals surface area contributed by atoms with Crippen LogP contribution in [0.2, 0.25) is 0 Å². The van der Waals surface area contributed by atoms with Crippen molar-refractivity contribution >= 4 is 29.1 Å². The summed E-state index contributed by atoms with van der Waals surface area (Å²) in [5.41, 5.74) is 7.17. The molecule has 1 aliphatic heterocycles. The fourth-order valence-electron chi connectivity index (χ4n) is 5.89. The van der Waals surface area contributed by atoms with Crippen LogP contribution in [0, 0.1) is 6.92 Å². The number of allylic oxidation sites excluding steroid dienone is 1. The molecule has 8 heteroatoms. The van der Waals surface area contributed by atoms with E-state index in [1.54, 1.807) is 31.4 Å². The third-order valence-corrected chi connectivity index (χ3v) is 8.93. The SMILES string of the molecule is COc1ccc(C2C3=C(N=c4s/c(=C\c5ccc(-c6ccc(C(=O)O)cc6C)o5)c(=O)n42)c2ccccc2CC3)cc1. The standard InChI is InChI=1S/C34H26N2O5S/c1-19-17-22(33(38)39)10-14-25(19)28-16-13-24(41-28)18-29-32(37)36-31(21-7-11-23(40-2)12-8-21)27-15-9-20-5-3-4-6-26(20)30(27)35-34(36)42-29/h3-8,10-14,16-18,31H,9,15H2,1-2H3,(H,38,39)/b29-18-. The van der Waals surface area contributed by atoms with Crippen molar-refractivity contribution in [3.05, 3.63) is 138 Å². The van der Waals surface area contributed by atoms with Gasteiger partial charge in [0.15, 0.2) is 4.80 Å². The van der Waals surface area contributed by atoms with Gasteiger partial charge < -0.3 is 14.3 Å². The summed E-state index contributed by atoms with van der Waals surface area (Å²) in [7, 11) is 1.64. The molecule has 2 aliphatic rings. The van der Waals surface area contributed by atoms with Crippen LogP contribution in [-0.4, -0.2) is 22.8 Å². The smallest absolute Gasteiger partial charge is 0.335 e. The molecule has 1 unspecified atom stereocenters. The zero-order valence-corrected chi connectivity index (χ0v) is 23.8. The second-order valence-corrected chi connectivity index (χ2v) is 11.4. The van der Waals surface area contributed by atoms with E-state index in [4.69, 9.17) is 14.1 Å². The second-order valence-electron chi connectivity index (χ2n) is 10.4. The molecule has 0 radical (unpaired) electrons. The molecule has 7 nitrogen and oxygen atoms in total. The van der Waals surface area contributed by atoms with Gasteiger partial charge in [-0.25, -0.2) is 9.79 Å². The Labute approximate surface area is 245 Å². The summed E-state index contributed by atoms with van der Waals surface area (Å²) in [6.07, 6.45) is 3.47. The monoisotopic (exact) mass is 574 g/mol. The van der Waals surface area contributed by atoms with Crippen LogP contribution in [0.25, 0.3) is 23.1 Å². The van der Waals surface area contributed by atoms with Crippen LogP contribution < -0.4 is 19.6 Å². The number of nitrogens with zero attached hydrogens (tertiary/aromatic N) is 2. The quantitative estimate of drug-likeness (QED) is 0.295. The number of aryl methyl sites for hydroxylation is 2. The lowest BCUT2D eigenvalue weighted by Gasteiger charge is -2.30. The zero-order valence-electron chi connectivity index (χ0n) is 23.0. The summed E-state index contributed by atoms with van der Waals surface area (Å²) in [6.45, 7) is 1.85. The van der Waals surface area contributed by atoms with E-state index in [2.05, 4.69) is 18.2 Å². The van der Waals surface area contributed by atoms with Gasteiger partial charge in [-0.15, -0.1) is 0 Å². The third kappa shape index (κ3) is 4.31. The van der Waals surface area contributed by atoms with E-state index >= 15 is 0 Å². The number of carboxylic acids is 1. The summed E-state index contributed by atoms with van der Waals surface area (Å²) in [6, 6.07) is 24.6. The minimum Gasteiger partial charge on any atom is -0.497 e. The normalized spacial score (nSPS) is 16.0. The summed E-state index contributed by atoms with van der Waals surface area (Å²) in [5, 5.41) is 9.29. The maximum absolute atomic E-state index is 14.0. The Hall–Kier alpha value is -4.95. The van der Waals surface area contributed by atoms with Gasteiger partial charge in [0.05, 0.1) is 28.9 Å². The average Bonchev–Trinajstić information content (AvgIpc) is 3.60. The number of furan rings is 1. The number of benzene rings is 3. The first-order valence-corrected chi connectivity index (χ1v) is 14.4. The van der Waals surface area contributed by atoms with Gasteiger partial charge in [-0.2, -0.15) is 0 Å². The number of carbonyl (C=O) groups is 1. The molecule has 0 saturated heterocycles. The van der Waals surface area contributed by atoms with Crippen LogP contribution in [0.5, 0.6) is 5.75 Å². The Balaban J connectivity index is 1.36. The topological polar surface area (TPSA) is 94.0 Å². The van der Waals surface area contributed by atoms with E-state index in [1.165, 1.54) is 16.9 Å². The van der Waals surface area contributed by atoms with Gasteiger partial charge in [-0.3, -0.25) is 9.36 Å². The number of ether oxygens (including phenoxy) is 1. The number of hydrogen-bond acceptors (Lipinski definition) is 6. The summed E-state index contributed by atoms with van der Waals surface area (Å²) >= 11 is 1.35. The van der Waals surface area contributed by atoms with E-state index in [0.717, 1.165) is 52.1 Å². The van der Waals surface area contributed by atoms with Gasteiger partial charge in [0.2, 0.25) is 0 Å². The Morgan fingerprint density at radius 2 is 1.86 bits per heavy atom. The molecule has 1 N–H and O–H groups in total. The van der Waals surface area contributed by atoms with Gasteiger partial charge in [-0.1, -0.05) is 53.8 Å². The number of rotatable bonds is 5. The molecule has 3 aromatic carbocycles. The van der Waals surface area contributed by atoms with Crippen LogP contribution in [0.3, 0.4) is 0 Å². The van der Waals surface area contributed by atoms with Gasteiger partial charge in [0.1, 0.15) is 17.3 Å². The molecule has 0 amide bonds. The summed E-state index contributed by atoms with van der Waals surface area (Å²) in [4.78, 5) is 31.1. The molecule has 7 rings (SSSR count). The van der Waals surface area contributed by atoms with Crippen molar-refractivity contribution in [2.24, 2.45) is 4.99 Å². The van der Waals surface area contributed by atoms with Crippen LogP contribution in [0.15, 0.2) is 98.6 Å². The van der Waals surface area contributed by atoms with E-state index in [1.807, 2.05) is 54.0 Å². The molecular formula is C34H26N2O5S. The molecule has 0 spiro atoms. The fourth-order valence-corrected chi connectivity index (χ4v) is 6.87. The Morgan fingerprint density at radius 3 is 2.62 bits per heavy atom. The number of hydrogen-bond donors (Lipinski definition) is 1. The van der Waals surface area contributed by atoms with E-state index in [-0.39, 0.29) is 17.2 Å². The number of thiazole rings is 1. The maximum atomic E-state index is 14.0. The highest BCUT2D eigenvalue weighted by Crippen LogP contribution is 2.41. The number of carboxylic acid groups (broad SMARTS) is 1. The summed E-state index contributed by atoms with van der Waals surface area (Å²) in [5.74, 6) is 0.924. The molecule has 0 bridgehead atoms. The van der Waals surface area contributed by atoms with Crippen molar-refractivity contribution in [1.29, 1.82) is 0 Å². The van der Waals surface area contributed by atoms with E-state index in [0.29, 0.717) is 20.9 Å². The van der Waals surface area contributed by atoms with E-state index < -0.39 is 5.97 Å². The highest BCUT2D eigenvalue weighted by Gasteiger charge is 2.32. The van der Waals surface area contributed by atoms with Crippen LogP contribution in [0.1, 0.15) is 50.8 Å². The molecule has 1 aliphatic carbocycles. The highest BCUT2D eigenvalue weighted by molar-refractivity contribution is 7.07. The van der Waals surface area contributed by atoms with Crippen LogP contribution >= 0.6 is 11.3 Å². The second kappa shape index (κ2) is 10.2. The van der Waals surface area contributed by atoms with E-state index in [9.17, 15) is 14.7 Å². The zero-order chi connectivity index (χ0) is 29.0. The van der Waals surface area contributed by atoms with Crippen LogP contribution in [-0.2, 0) is 6.42 Å². The van der Waals surface area contributed by atoms with Gasteiger partial charge in [0, 0.05) is 17.2 Å². The van der Waals surface area contributed by atoms with Gasteiger partial charge in [-0.05, 0) is 78.4 Å². The molecule has 0 fully saturated rings. The largest absolute Gasteiger partial charge is 0.497 e. The molecule has 208 valence electrons. The van der Waals surface area contributed by atoms with Gasteiger partial charge in [0.25, 0.3) is 5.56 Å². The van der Waals surface area contributed by atoms with Crippen molar-refractivity contribution in [1.82, 2.24) is 4.57 Å². The van der Waals surface area contributed by atoms with Crippen molar-refractivity contribution in [2.45, 2.75) is 25.8 Å². The summed E-state index contributed by atoms with van der Waals surface area (Å²) < 4.78 is 13.8. The number of aromatic nitrogens is 1. The third-order valence-electron chi connectivity index (χ3n) is 7.94. The van der Waals surface area contributed by atoms with Crippen LogP contribution in [0.4, 0.5) is 0 Å². The van der Waals surface area contributed by atoms with Crippen molar-refractivity contribution in [2.75, 3.05) is 7.11 Å². The molecule has 42 heavy (non-hydrogen) atoms. The first-order valence-electron chi connectivity index (χ1n) is 13.6. The Morgan fingerprint density at radius 1 is 1.05 bits per heavy atom. The Bertz CT molecular complexity index is 2100. The van der Waals surface area contributed by atoms with Crippen molar-refractivity contribution in [3.8, 4) is 17.1 Å². The molecular weight excluding hydrogens is 548 g/mol. The van der Waals surface area contributed by atoms with Crippen molar-refractivity contribution < 1.29 is 19.1 Å². The Kier molecular flexibility index (Phi) is 6.28. The highest BCUT2D eigenvalue weighted by atomic mass is 32.1. The molecule has 0 saturated carbocycles. The maximum Gasteiger partial charge on any atom is 0.335 e. The lowest BCUT2D eigenvalue weighted by atomic mass is 9.83. The molecule has 2 aromatic heterocycles. The van der Waals surface area contributed by atoms with Gasteiger partial charge >= 0.3 is 5.97 Å². The minimum atomic E-state index is -0.974. The lowest BCUT2D eigenvalue weighted by Crippen LogP contribution is -2.38. The molecule has 3 heterocycles. The van der Waals surface area contributed by atoms with Crippen molar-refractivity contribution in [3.63, 3.8) is 0 Å². The lowest BCUT2D eigenvalue weighted by molar-refractivity contribution is 0.0696. The number of methoxy groups -OCH3 is 1. The number of aromatic carboxylic acids is 1. The average molecular weight is 575 g/mol. The fraction of sp³-hybridized carbons (Fsp3) is 0.147. The predicted octanol–water partition coefficient (Wildman–Crippen LogP) is 5.59. The first kappa shape index (κ1) is 26.0. The molecule has 1 atom stereocenters. The number of fused-ring (bicyclic) bond motifs is 3. The predicted molar refractivity (Wildman–Crippen MR) is 162 cm³/mol. The first-order chi connectivity index (χ1) is 20.4. The minimum absolute atomic E-state index is 0.120. The molecule has 5 aromatic rings.